The van der Waals surface area contributed by atoms with Crippen LogP contribution >= 0.6 is 11.3 Å². The first kappa shape index (κ1) is 17.7. The van der Waals surface area contributed by atoms with Gasteiger partial charge in [-0.25, -0.2) is 0 Å². The number of hydrogen-bond acceptors (Lipinski definition) is 4. The van der Waals surface area contributed by atoms with Crippen molar-refractivity contribution in [2.75, 3.05) is 14.2 Å². The quantitative estimate of drug-likeness (QED) is 0.692. The molecular weight excluding hydrogens is 352 g/mol. The van der Waals surface area contributed by atoms with Crippen molar-refractivity contribution in [3.63, 3.8) is 0 Å². The molecule has 0 aliphatic rings. The maximum Gasteiger partial charge on any atom is 0.289 e. The van der Waals surface area contributed by atoms with Crippen LogP contribution in [0, 0.1) is 6.92 Å². The molecule has 1 aromatic heterocycles. The number of halogens is 1. The molecule has 0 fully saturated rings. The fourth-order valence-corrected chi connectivity index (χ4v) is 2.84. The summed E-state index contributed by atoms with van der Waals surface area (Å²) in [6, 6.07) is 5.76. The summed E-state index contributed by atoms with van der Waals surface area (Å²) in [6.45, 7) is 4.95. The third-order valence-corrected chi connectivity index (χ3v) is 3.86. The molecule has 0 spiro atoms. The molecule has 4 nitrogen and oxygen atoms in total. The lowest BCUT2D eigenvalue weighted by Crippen LogP contribution is -3.00. The minimum absolute atomic E-state index is 0. The topological polar surface area (TPSA) is 35.2 Å². The zero-order chi connectivity index (χ0) is 14.5. The van der Waals surface area contributed by atoms with Gasteiger partial charge in [-0.15, -0.1) is 0 Å². The van der Waals surface area contributed by atoms with E-state index >= 15 is 0 Å². The largest absolute Gasteiger partial charge is 1.00 e. The van der Waals surface area contributed by atoms with Crippen molar-refractivity contribution in [3.05, 3.63) is 33.8 Å². The second-order valence-electron chi connectivity index (χ2n) is 4.18. The van der Waals surface area contributed by atoms with E-state index in [0.29, 0.717) is 0 Å². The third kappa shape index (κ3) is 4.04. The normalized spacial score (nSPS) is 10.5. The van der Waals surface area contributed by atoms with Crippen LogP contribution in [-0.2, 0) is 6.54 Å². The highest BCUT2D eigenvalue weighted by molar-refractivity contribution is 7.11. The second-order valence-corrected chi connectivity index (χ2v) is 5.40. The fourth-order valence-electron chi connectivity index (χ4n) is 1.99. The van der Waals surface area contributed by atoms with E-state index in [1.54, 1.807) is 25.6 Å². The van der Waals surface area contributed by atoms with Crippen LogP contribution in [0.2, 0.25) is 0 Å². The molecule has 1 heterocycles. The Morgan fingerprint density at radius 3 is 2.33 bits per heavy atom. The van der Waals surface area contributed by atoms with Crippen LogP contribution in [0.3, 0.4) is 0 Å². The molecule has 0 saturated heterocycles. The van der Waals surface area contributed by atoms with Gasteiger partial charge in [-0.2, -0.15) is 0 Å². The fraction of sp³-hybridized carbons (Fsp3) is 0.333. The van der Waals surface area contributed by atoms with Gasteiger partial charge in [0.2, 0.25) is 0 Å². The first-order valence-electron chi connectivity index (χ1n) is 6.46. The minimum Gasteiger partial charge on any atom is -1.00 e. The average molecular weight is 371 g/mol. The van der Waals surface area contributed by atoms with E-state index < -0.39 is 0 Å². The van der Waals surface area contributed by atoms with Crippen molar-refractivity contribution in [2.45, 2.75) is 20.4 Å². The molecular formula is C15H19BrN2O2S. The predicted molar refractivity (Wildman–Crippen MR) is 81.2 cm³/mol. The molecule has 0 radical (unpaired) electrons. The molecule has 114 valence electrons. The van der Waals surface area contributed by atoms with Crippen LogP contribution in [0.4, 0.5) is 0 Å². The van der Waals surface area contributed by atoms with Crippen molar-refractivity contribution < 1.29 is 31.1 Å². The molecule has 0 aliphatic heterocycles. The number of benzene rings is 1. The number of hydrogen-bond donors (Lipinski definition) is 0. The zero-order valence-corrected chi connectivity index (χ0v) is 15.0. The lowest BCUT2D eigenvalue weighted by Gasteiger charge is -2.09. The molecule has 0 bridgehead atoms. The molecule has 0 N–H and O–H groups in total. The Hall–Kier alpha value is -1.40. The summed E-state index contributed by atoms with van der Waals surface area (Å²) < 4.78 is 12.8. The highest BCUT2D eigenvalue weighted by Crippen LogP contribution is 2.30. The Bertz CT molecular complexity index is 604. The van der Waals surface area contributed by atoms with Gasteiger partial charge in [0.05, 0.1) is 19.8 Å². The van der Waals surface area contributed by atoms with Gasteiger partial charge in [0.1, 0.15) is 11.5 Å². The van der Waals surface area contributed by atoms with E-state index in [4.69, 9.17) is 9.47 Å². The zero-order valence-electron chi connectivity index (χ0n) is 12.6. The van der Waals surface area contributed by atoms with Crippen molar-refractivity contribution in [2.24, 2.45) is 0 Å². The highest BCUT2D eigenvalue weighted by Gasteiger charge is 2.14. The van der Waals surface area contributed by atoms with Gasteiger partial charge >= 0.3 is 0 Å². The monoisotopic (exact) mass is 370 g/mol. The molecule has 0 aliphatic carbocycles. The summed E-state index contributed by atoms with van der Waals surface area (Å²) in [7, 11) is 3.32. The number of nitrogens with zero attached hydrogens (tertiary/aromatic N) is 2. The van der Waals surface area contributed by atoms with Crippen molar-refractivity contribution in [1.82, 2.24) is 5.10 Å². The van der Waals surface area contributed by atoms with Gasteiger partial charge in [-0.1, -0.05) is 10.7 Å². The first-order valence-corrected chi connectivity index (χ1v) is 7.27. The summed E-state index contributed by atoms with van der Waals surface area (Å²) in [5.74, 6) is 1.59. The van der Waals surface area contributed by atoms with Crippen LogP contribution in [0.15, 0.2) is 18.2 Å². The lowest BCUT2D eigenvalue weighted by atomic mass is 10.1. The Morgan fingerprint density at radius 2 is 1.81 bits per heavy atom. The summed E-state index contributed by atoms with van der Waals surface area (Å²) in [6.07, 6.45) is 4.06. The molecule has 1 aromatic carbocycles. The van der Waals surface area contributed by atoms with Gasteiger partial charge in [-0.3, -0.25) is 0 Å². The lowest BCUT2D eigenvalue weighted by molar-refractivity contribution is -0.747. The number of aromatic nitrogens is 2. The molecule has 2 rings (SSSR count). The molecule has 21 heavy (non-hydrogen) atoms. The minimum atomic E-state index is 0. The number of methoxy groups -OCH3 is 2. The average Bonchev–Trinajstić information content (AvgIpc) is 2.84. The molecule has 0 unspecified atom stereocenters. The van der Waals surface area contributed by atoms with Crippen LogP contribution in [0.25, 0.3) is 12.2 Å². The van der Waals surface area contributed by atoms with Gasteiger partial charge in [0, 0.05) is 11.2 Å². The van der Waals surface area contributed by atoms with Crippen molar-refractivity contribution in [1.29, 1.82) is 0 Å². The van der Waals surface area contributed by atoms with Crippen molar-refractivity contribution in [3.8, 4) is 11.5 Å². The SMILES string of the molecule is CC[n+]1nc(C)sc1/C=C/c1c(OC)cccc1OC.[Br-]. The maximum absolute atomic E-state index is 5.39. The predicted octanol–water partition coefficient (Wildman–Crippen LogP) is -0.0495. The standard InChI is InChI=1S/C15H19N2O2S.BrH/c1-5-17-15(20-11(2)16-17)10-9-12-13(18-3)7-6-8-14(12)19-4;/h6-10H,5H2,1-4H3;1H/q+1;/p-1/b10-9+;. The Kier molecular flexibility index (Phi) is 6.84. The first-order chi connectivity index (χ1) is 9.69. The molecule has 6 heteroatoms. The molecule has 0 atom stereocenters. The maximum atomic E-state index is 5.39. The molecule has 0 saturated carbocycles. The highest BCUT2D eigenvalue weighted by atomic mass is 79.9. The summed E-state index contributed by atoms with van der Waals surface area (Å²) in [4.78, 5) is 0. The van der Waals surface area contributed by atoms with E-state index in [9.17, 15) is 0 Å². The van der Waals surface area contributed by atoms with Crippen LogP contribution in [-0.4, -0.2) is 19.3 Å². The Labute approximate surface area is 139 Å². The summed E-state index contributed by atoms with van der Waals surface area (Å²) in [5, 5.41) is 6.61. The van der Waals surface area contributed by atoms with Crippen LogP contribution in [0.1, 0.15) is 22.5 Å². The van der Waals surface area contributed by atoms with E-state index in [-0.39, 0.29) is 17.0 Å². The van der Waals surface area contributed by atoms with Crippen molar-refractivity contribution >= 4 is 23.5 Å². The van der Waals surface area contributed by atoms with Crippen LogP contribution in [0.5, 0.6) is 11.5 Å². The van der Waals surface area contributed by atoms with Gasteiger partial charge < -0.3 is 26.5 Å². The molecule has 0 amide bonds. The van der Waals surface area contributed by atoms with E-state index in [0.717, 1.165) is 33.6 Å². The number of ether oxygens (including phenoxy) is 2. The Balaban J connectivity index is 0.00000220. The second kappa shape index (κ2) is 8.14. The van der Waals surface area contributed by atoms with Crippen LogP contribution < -0.4 is 31.1 Å². The van der Waals surface area contributed by atoms with Gasteiger partial charge in [0.25, 0.3) is 5.01 Å². The Morgan fingerprint density at radius 1 is 1.19 bits per heavy atom. The number of aryl methyl sites for hydroxylation is 2. The van der Waals surface area contributed by atoms with E-state index in [1.807, 2.05) is 35.9 Å². The summed E-state index contributed by atoms with van der Waals surface area (Å²) >= 11 is 1.67. The smallest absolute Gasteiger partial charge is 0.289 e. The van der Waals surface area contributed by atoms with E-state index in [1.165, 1.54) is 0 Å². The molecule has 2 aromatic rings. The summed E-state index contributed by atoms with van der Waals surface area (Å²) in [5.41, 5.74) is 0.936. The van der Waals surface area contributed by atoms with Gasteiger partial charge in [0.15, 0.2) is 11.6 Å². The third-order valence-electron chi connectivity index (χ3n) is 2.93. The van der Waals surface area contributed by atoms with E-state index in [2.05, 4.69) is 18.1 Å². The number of rotatable bonds is 5. The van der Waals surface area contributed by atoms with Gasteiger partial charge in [-0.05, 0) is 43.4 Å².